The van der Waals surface area contributed by atoms with Crippen molar-refractivity contribution < 1.29 is 28.7 Å². The highest BCUT2D eigenvalue weighted by atomic mass is 16.5. The third kappa shape index (κ3) is 7.74. The second kappa shape index (κ2) is 12.8. The van der Waals surface area contributed by atoms with Gasteiger partial charge in [-0.25, -0.2) is 0 Å². The van der Waals surface area contributed by atoms with Crippen LogP contribution < -0.4 is 20.7 Å². The van der Waals surface area contributed by atoms with Crippen LogP contribution in [0.4, 0.5) is 0 Å². The van der Waals surface area contributed by atoms with Crippen molar-refractivity contribution in [2.45, 2.75) is 39.3 Å². The number of hydrogen-bond acceptors (Lipinski definition) is 6. The van der Waals surface area contributed by atoms with Crippen LogP contribution in [-0.2, 0) is 19.1 Å². The number of benzene rings is 1. The topological polar surface area (TPSA) is 126 Å². The van der Waals surface area contributed by atoms with Crippen molar-refractivity contribution >= 4 is 23.6 Å². The molecule has 4 amide bonds. The van der Waals surface area contributed by atoms with Crippen LogP contribution in [0.3, 0.4) is 0 Å². The van der Waals surface area contributed by atoms with Crippen LogP contribution in [0, 0.1) is 5.92 Å². The van der Waals surface area contributed by atoms with E-state index in [0.29, 0.717) is 19.0 Å². The van der Waals surface area contributed by atoms with Gasteiger partial charge in [-0.15, -0.1) is 0 Å². The lowest BCUT2D eigenvalue weighted by atomic mass is 10.0. The second-order valence-corrected chi connectivity index (χ2v) is 8.11. The Morgan fingerprint density at radius 1 is 1.24 bits per heavy atom. The number of amides is 4. The van der Waals surface area contributed by atoms with Gasteiger partial charge in [-0.05, 0) is 25.0 Å². The molecule has 0 saturated heterocycles. The van der Waals surface area contributed by atoms with Gasteiger partial charge in [0.15, 0.2) is 0 Å². The highest BCUT2D eigenvalue weighted by Crippen LogP contribution is 2.18. The molecule has 2 atom stereocenters. The molecule has 0 unspecified atom stereocenters. The van der Waals surface area contributed by atoms with E-state index >= 15 is 0 Å². The number of likely N-dealkylation sites (N-methyl/N-ethyl adjacent to an activating group) is 1. The Balaban J connectivity index is 2.31. The Bertz CT molecular complexity index is 844. The number of nitrogens with one attached hydrogen (secondary N) is 3. The lowest BCUT2D eigenvalue weighted by Crippen LogP contribution is -2.54. The summed E-state index contributed by atoms with van der Waals surface area (Å²) in [6.07, 6.45) is -0.324. The smallest absolute Gasteiger partial charge is 0.255 e. The van der Waals surface area contributed by atoms with E-state index in [4.69, 9.17) is 9.47 Å². The van der Waals surface area contributed by atoms with Gasteiger partial charge in [-0.2, -0.15) is 0 Å². The molecule has 0 bridgehead atoms. The second-order valence-electron chi connectivity index (χ2n) is 8.11. The molecule has 0 aliphatic carbocycles. The molecule has 10 nitrogen and oxygen atoms in total. The predicted molar refractivity (Wildman–Crippen MR) is 122 cm³/mol. The van der Waals surface area contributed by atoms with Crippen molar-refractivity contribution in [2.24, 2.45) is 5.92 Å². The summed E-state index contributed by atoms with van der Waals surface area (Å²) in [6.45, 7) is 6.98. The first-order chi connectivity index (χ1) is 15.7. The monoisotopic (exact) mass is 462 g/mol. The third-order valence-electron chi connectivity index (χ3n) is 5.20. The van der Waals surface area contributed by atoms with E-state index in [1.54, 1.807) is 31.3 Å². The first-order valence-electron chi connectivity index (χ1n) is 11.2. The molecule has 2 rings (SSSR count). The standard InChI is InChI=1S/C23H34N4O6/c1-5-32-12-10-24-22(30)17-14-19(28)26-20(15(2)3)23(31)27(4)11-13-33-18-9-7-6-8-16(18)21(29)25-17/h6-9,15,17,20H,5,10-14H2,1-4H3,(H,24,30)(H,25,29)(H,26,28)/t17-,20-/m0/s1. The minimum Gasteiger partial charge on any atom is -0.491 e. The van der Waals surface area contributed by atoms with Crippen LogP contribution in [0.5, 0.6) is 5.75 Å². The van der Waals surface area contributed by atoms with E-state index in [2.05, 4.69) is 16.0 Å². The normalized spacial score (nSPS) is 20.3. The largest absolute Gasteiger partial charge is 0.491 e. The van der Waals surface area contributed by atoms with Gasteiger partial charge in [-0.1, -0.05) is 26.0 Å². The maximum Gasteiger partial charge on any atom is 0.255 e. The molecule has 3 N–H and O–H groups in total. The number of para-hydroxylation sites is 1. The summed E-state index contributed by atoms with van der Waals surface area (Å²) in [5.41, 5.74) is 0.233. The molecule has 0 saturated carbocycles. The Morgan fingerprint density at radius 2 is 1.97 bits per heavy atom. The van der Waals surface area contributed by atoms with Crippen LogP contribution in [0.15, 0.2) is 24.3 Å². The first kappa shape index (κ1) is 26.1. The Labute approximate surface area is 194 Å². The molecule has 1 aromatic carbocycles. The summed E-state index contributed by atoms with van der Waals surface area (Å²) in [6, 6.07) is 4.71. The summed E-state index contributed by atoms with van der Waals surface area (Å²) in [5.74, 6) is -1.67. The number of ether oxygens (including phenoxy) is 2. The summed E-state index contributed by atoms with van der Waals surface area (Å²) in [7, 11) is 1.63. The number of nitrogens with zero attached hydrogens (tertiary/aromatic N) is 1. The summed E-state index contributed by atoms with van der Waals surface area (Å²) < 4.78 is 11.0. The van der Waals surface area contributed by atoms with Crippen molar-refractivity contribution in [2.75, 3.05) is 40.0 Å². The van der Waals surface area contributed by atoms with E-state index in [1.807, 2.05) is 20.8 Å². The quantitative estimate of drug-likeness (QED) is 0.523. The summed E-state index contributed by atoms with van der Waals surface area (Å²) in [5, 5.41) is 8.02. The van der Waals surface area contributed by atoms with Gasteiger partial charge >= 0.3 is 0 Å². The molecule has 0 fully saturated rings. The van der Waals surface area contributed by atoms with Crippen molar-refractivity contribution in [1.82, 2.24) is 20.9 Å². The van der Waals surface area contributed by atoms with E-state index in [0.717, 1.165) is 0 Å². The van der Waals surface area contributed by atoms with Crippen LogP contribution in [0.2, 0.25) is 0 Å². The highest BCUT2D eigenvalue weighted by Gasteiger charge is 2.31. The maximum atomic E-state index is 13.0. The number of carbonyl (C=O) groups excluding carboxylic acids is 4. The number of carbonyl (C=O) groups is 4. The van der Waals surface area contributed by atoms with Gasteiger partial charge in [0.2, 0.25) is 17.7 Å². The fraction of sp³-hybridized carbons (Fsp3) is 0.565. The first-order valence-corrected chi connectivity index (χ1v) is 11.2. The molecule has 1 aliphatic heterocycles. The zero-order valence-corrected chi connectivity index (χ0v) is 19.7. The number of fused-ring (bicyclic) bond motifs is 1. The van der Waals surface area contributed by atoms with Gasteiger partial charge in [0.05, 0.1) is 25.1 Å². The summed E-state index contributed by atoms with van der Waals surface area (Å²) >= 11 is 0. The van der Waals surface area contributed by atoms with E-state index < -0.39 is 29.8 Å². The Morgan fingerprint density at radius 3 is 2.67 bits per heavy atom. The maximum absolute atomic E-state index is 13.0. The SMILES string of the molecule is CCOCCNC(=O)[C@@H]1CC(=O)N[C@@H](C(C)C)C(=O)N(C)CCOc2ccccc2C(=O)N1. The summed E-state index contributed by atoms with van der Waals surface area (Å²) in [4.78, 5) is 52.9. The van der Waals surface area contributed by atoms with E-state index in [1.165, 1.54) is 4.90 Å². The fourth-order valence-electron chi connectivity index (χ4n) is 3.31. The molecule has 182 valence electrons. The zero-order chi connectivity index (χ0) is 24.4. The van der Waals surface area contributed by atoms with Gasteiger partial charge in [0.25, 0.3) is 5.91 Å². The third-order valence-corrected chi connectivity index (χ3v) is 5.20. The van der Waals surface area contributed by atoms with Crippen LogP contribution >= 0.6 is 0 Å². The van der Waals surface area contributed by atoms with Crippen LogP contribution in [0.1, 0.15) is 37.6 Å². The van der Waals surface area contributed by atoms with Crippen molar-refractivity contribution in [1.29, 1.82) is 0 Å². The predicted octanol–water partition coefficient (Wildman–Crippen LogP) is 0.319. The number of rotatable bonds is 6. The average Bonchev–Trinajstić information content (AvgIpc) is 2.78. The van der Waals surface area contributed by atoms with Gasteiger partial charge in [0.1, 0.15) is 24.4 Å². The molecule has 0 spiro atoms. The fourth-order valence-corrected chi connectivity index (χ4v) is 3.31. The molecule has 1 heterocycles. The van der Waals surface area contributed by atoms with E-state index in [-0.39, 0.29) is 43.5 Å². The molecule has 33 heavy (non-hydrogen) atoms. The molecule has 1 aliphatic rings. The van der Waals surface area contributed by atoms with Gasteiger partial charge in [-0.3, -0.25) is 19.2 Å². The number of hydrogen-bond donors (Lipinski definition) is 3. The molecular weight excluding hydrogens is 428 g/mol. The van der Waals surface area contributed by atoms with Gasteiger partial charge in [0, 0.05) is 20.2 Å². The van der Waals surface area contributed by atoms with Gasteiger partial charge < -0.3 is 30.3 Å². The van der Waals surface area contributed by atoms with Crippen molar-refractivity contribution in [3.8, 4) is 5.75 Å². The lowest BCUT2D eigenvalue weighted by molar-refractivity contribution is -0.137. The molecule has 1 aromatic rings. The average molecular weight is 463 g/mol. The lowest BCUT2D eigenvalue weighted by Gasteiger charge is -2.28. The van der Waals surface area contributed by atoms with E-state index in [9.17, 15) is 19.2 Å². The van der Waals surface area contributed by atoms with Crippen molar-refractivity contribution in [3.05, 3.63) is 29.8 Å². The Hall–Kier alpha value is -3.14. The highest BCUT2D eigenvalue weighted by molar-refractivity contribution is 6.01. The molecule has 0 radical (unpaired) electrons. The van der Waals surface area contributed by atoms with Crippen LogP contribution in [0.25, 0.3) is 0 Å². The molecule has 10 heteroatoms. The minimum atomic E-state index is -1.14. The molecular formula is C23H34N4O6. The minimum absolute atomic E-state index is 0.159. The van der Waals surface area contributed by atoms with Crippen molar-refractivity contribution in [3.63, 3.8) is 0 Å². The Kier molecular flexibility index (Phi) is 10.1. The molecule has 0 aromatic heterocycles. The zero-order valence-electron chi connectivity index (χ0n) is 19.7. The van der Waals surface area contributed by atoms with Crippen LogP contribution in [-0.4, -0.2) is 80.6 Å².